The van der Waals surface area contributed by atoms with E-state index in [1.54, 1.807) is 0 Å². The molecule has 1 rings (SSSR count). The largest absolute Gasteiger partial charge is 0.518 e. The standard InChI is InChI=1S/C11H15N2O5/c1-13(2,3)8-17-11(14)18-10-6-4-9(5-7-10)12(15)16/h4-7H,8H2,1-3H3/q+1. The molecule has 98 valence electrons. The number of rotatable bonds is 4. The minimum atomic E-state index is -0.836. The van der Waals surface area contributed by atoms with Gasteiger partial charge in [0.15, 0.2) is 0 Å². The van der Waals surface area contributed by atoms with Crippen LogP contribution < -0.4 is 4.74 Å². The Bertz CT molecular complexity index is 436. The Balaban J connectivity index is 2.52. The van der Waals surface area contributed by atoms with Crippen LogP contribution in [-0.2, 0) is 4.74 Å². The molecule has 0 atom stereocenters. The molecule has 0 spiro atoms. The van der Waals surface area contributed by atoms with E-state index in [0.29, 0.717) is 4.48 Å². The van der Waals surface area contributed by atoms with Gasteiger partial charge in [0.25, 0.3) is 5.69 Å². The molecule has 7 nitrogen and oxygen atoms in total. The van der Waals surface area contributed by atoms with Crippen LogP contribution in [0.15, 0.2) is 24.3 Å². The highest BCUT2D eigenvalue weighted by Crippen LogP contribution is 2.17. The van der Waals surface area contributed by atoms with Gasteiger partial charge in [0.05, 0.1) is 26.1 Å². The zero-order chi connectivity index (χ0) is 13.8. The van der Waals surface area contributed by atoms with Gasteiger partial charge in [-0.2, -0.15) is 0 Å². The summed E-state index contributed by atoms with van der Waals surface area (Å²) in [5, 5.41) is 10.4. The van der Waals surface area contributed by atoms with Crippen LogP contribution in [0.3, 0.4) is 0 Å². The van der Waals surface area contributed by atoms with Crippen molar-refractivity contribution in [3.8, 4) is 5.75 Å². The maximum Gasteiger partial charge on any atom is 0.518 e. The van der Waals surface area contributed by atoms with E-state index in [2.05, 4.69) is 0 Å². The van der Waals surface area contributed by atoms with Crippen LogP contribution >= 0.6 is 0 Å². The number of quaternary nitrogens is 1. The summed E-state index contributed by atoms with van der Waals surface area (Å²) in [6.07, 6.45) is -0.836. The van der Waals surface area contributed by atoms with Crippen molar-refractivity contribution in [1.82, 2.24) is 0 Å². The van der Waals surface area contributed by atoms with Gasteiger partial charge in [0.2, 0.25) is 6.73 Å². The van der Waals surface area contributed by atoms with E-state index in [1.807, 2.05) is 21.1 Å². The van der Waals surface area contributed by atoms with Crippen LogP contribution in [0, 0.1) is 10.1 Å². The number of ether oxygens (including phenoxy) is 2. The van der Waals surface area contributed by atoms with Crippen LogP contribution in [-0.4, -0.2) is 43.4 Å². The molecule has 0 heterocycles. The molecule has 0 saturated carbocycles. The second-order valence-corrected chi connectivity index (χ2v) is 4.67. The molecule has 0 bridgehead atoms. The first kappa shape index (κ1) is 13.9. The van der Waals surface area contributed by atoms with E-state index < -0.39 is 11.1 Å². The van der Waals surface area contributed by atoms with Crippen LogP contribution in [0.25, 0.3) is 0 Å². The van der Waals surface area contributed by atoms with Gasteiger partial charge in [-0.1, -0.05) is 0 Å². The van der Waals surface area contributed by atoms with Crippen LogP contribution in [0.4, 0.5) is 10.5 Å². The summed E-state index contributed by atoms with van der Waals surface area (Å²) in [5.41, 5.74) is -0.0675. The summed E-state index contributed by atoms with van der Waals surface area (Å²) in [6, 6.07) is 5.18. The number of carbonyl (C=O) groups excluding carboxylic acids is 1. The van der Waals surface area contributed by atoms with Crippen molar-refractivity contribution in [3.63, 3.8) is 0 Å². The second kappa shape index (κ2) is 5.46. The Morgan fingerprint density at radius 3 is 2.28 bits per heavy atom. The maximum absolute atomic E-state index is 11.3. The first-order chi connectivity index (χ1) is 8.28. The lowest BCUT2D eigenvalue weighted by Crippen LogP contribution is -2.38. The van der Waals surface area contributed by atoms with Gasteiger partial charge >= 0.3 is 6.16 Å². The molecule has 0 radical (unpaired) electrons. The second-order valence-electron chi connectivity index (χ2n) is 4.67. The molecule has 0 fully saturated rings. The van der Waals surface area contributed by atoms with E-state index in [1.165, 1.54) is 24.3 Å². The lowest BCUT2D eigenvalue weighted by atomic mass is 10.3. The normalized spacial score (nSPS) is 10.8. The third-order valence-electron chi connectivity index (χ3n) is 1.82. The fourth-order valence-corrected chi connectivity index (χ4v) is 1.01. The van der Waals surface area contributed by atoms with Crippen LogP contribution in [0.1, 0.15) is 0 Å². The van der Waals surface area contributed by atoms with Crippen molar-refractivity contribution in [2.45, 2.75) is 0 Å². The number of hydrogen-bond donors (Lipinski definition) is 0. The summed E-state index contributed by atoms with van der Waals surface area (Å²) >= 11 is 0. The minimum absolute atomic E-state index is 0.0675. The molecule has 0 amide bonds. The van der Waals surface area contributed by atoms with Crippen molar-refractivity contribution in [2.75, 3.05) is 27.9 Å². The zero-order valence-electron chi connectivity index (χ0n) is 10.5. The summed E-state index contributed by atoms with van der Waals surface area (Å²) < 4.78 is 10.2. The average molecular weight is 255 g/mol. The Morgan fingerprint density at radius 2 is 1.83 bits per heavy atom. The number of nitrogens with zero attached hydrogens (tertiary/aromatic N) is 2. The van der Waals surface area contributed by atoms with Crippen molar-refractivity contribution >= 4 is 11.8 Å². The van der Waals surface area contributed by atoms with Crippen molar-refractivity contribution < 1.29 is 23.7 Å². The average Bonchev–Trinajstić information content (AvgIpc) is 2.26. The smallest absolute Gasteiger partial charge is 0.395 e. The highest BCUT2D eigenvalue weighted by atomic mass is 16.7. The molecule has 7 heteroatoms. The number of nitro groups is 1. The van der Waals surface area contributed by atoms with Gasteiger partial charge in [0.1, 0.15) is 5.75 Å². The third kappa shape index (κ3) is 4.79. The number of hydrogen-bond acceptors (Lipinski definition) is 5. The van der Waals surface area contributed by atoms with E-state index in [9.17, 15) is 14.9 Å². The van der Waals surface area contributed by atoms with E-state index in [4.69, 9.17) is 9.47 Å². The molecule has 0 unspecified atom stereocenters. The molecule has 1 aromatic carbocycles. The zero-order valence-corrected chi connectivity index (χ0v) is 10.5. The lowest BCUT2D eigenvalue weighted by molar-refractivity contribution is -0.888. The molecule has 18 heavy (non-hydrogen) atoms. The fourth-order valence-electron chi connectivity index (χ4n) is 1.01. The molecule has 0 saturated heterocycles. The lowest BCUT2D eigenvalue weighted by Gasteiger charge is -2.22. The van der Waals surface area contributed by atoms with Gasteiger partial charge < -0.3 is 9.47 Å². The predicted octanol–water partition coefficient (Wildman–Crippen LogP) is 1.77. The molecular weight excluding hydrogens is 240 g/mol. The Kier molecular flexibility index (Phi) is 4.22. The Labute approximate surface area is 104 Å². The number of benzene rings is 1. The van der Waals surface area contributed by atoms with Gasteiger partial charge in [-0.25, -0.2) is 4.79 Å². The van der Waals surface area contributed by atoms with E-state index >= 15 is 0 Å². The summed E-state index contributed by atoms with van der Waals surface area (Å²) in [6.45, 7) is 0.172. The van der Waals surface area contributed by atoms with Crippen LogP contribution in [0.2, 0.25) is 0 Å². The molecule has 0 aliphatic rings. The minimum Gasteiger partial charge on any atom is -0.395 e. The highest BCUT2D eigenvalue weighted by molar-refractivity contribution is 5.63. The molecule has 0 aliphatic carbocycles. The SMILES string of the molecule is C[N+](C)(C)COC(=O)Oc1ccc([N+](=O)[O-])cc1. The predicted molar refractivity (Wildman–Crippen MR) is 63.1 cm³/mol. The highest BCUT2D eigenvalue weighted by Gasteiger charge is 2.13. The molecule has 0 aliphatic heterocycles. The van der Waals surface area contributed by atoms with Gasteiger partial charge in [-0.15, -0.1) is 0 Å². The van der Waals surface area contributed by atoms with Gasteiger partial charge in [0, 0.05) is 12.1 Å². The monoisotopic (exact) mass is 255 g/mol. The number of nitro benzene ring substituents is 1. The fraction of sp³-hybridized carbons (Fsp3) is 0.364. The number of non-ortho nitro benzene ring substituents is 1. The molecule has 0 aromatic heterocycles. The Hall–Kier alpha value is -2.15. The van der Waals surface area contributed by atoms with Gasteiger partial charge in [-0.05, 0) is 12.1 Å². The molecule has 0 N–H and O–H groups in total. The van der Waals surface area contributed by atoms with Crippen molar-refractivity contribution in [1.29, 1.82) is 0 Å². The molecule has 1 aromatic rings. The number of carbonyl (C=O) groups is 1. The maximum atomic E-state index is 11.3. The third-order valence-corrected chi connectivity index (χ3v) is 1.82. The van der Waals surface area contributed by atoms with Crippen molar-refractivity contribution in [3.05, 3.63) is 34.4 Å². The first-order valence-electron chi connectivity index (χ1n) is 5.17. The topological polar surface area (TPSA) is 78.7 Å². The quantitative estimate of drug-likeness (QED) is 0.204. The van der Waals surface area contributed by atoms with Gasteiger partial charge in [-0.3, -0.25) is 14.6 Å². The Morgan fingerprint density at radius 1 is 1.28 bits per heavy atom. The van der Waals surface area contributed by atoms with Crippen LogP contribution in [0.5, 0.6) is 5.75 Å². The van der Waals surface area contributed by atoms with E-state index in [0.717, 1.165) is 0 Å². The first-order valence-corrected chi connectivity index (χ1v) is 5.17. The van der Waals surface area contributed by atoms with Crippen molar-refractivity contribution in [2.24, 2.45) is 0 Å². The summed E-state index contributed by atoms with van der Waals surface area (Å²) in [7, 11) is 5.58. The molecular formula is C11H15N2O5+. The summed E-state index contributed by atoms with van der Waals surface area (Å²) in [5.74, 6) is 0.201. The summed E-state index contributed by atoms with van der Waals surface area (Å²) in [4.78, 5) is 21.2. The van der Waals surface area contributed by atoms with E-state index in [-0.39, 0.29) is 18.2 Å².